The van der Waals surface area contributed by atoms with Gasteiger partial charge in [-0.25, -0.2) is 4.98 Å². The van der Waals surface area contributed by atoms with Crippen molar-refractivity contribution in [1.29, 1.82) is 0 Å². The van der Waals surface area contributed by atoms with Crippen LogP contribution in [-0.2, 0) is 14.3 Å². The molecule has 0 spiro atoms. The largest absolute Gasteiger partial charge is 0.459 e. The summed E-state index contributed by atoms with van der Waals surface area (Å²) in [5, 5.41) is 0.597. The van der Waals surface area contributed by atoms with E-state index in [9.17, 15) is 9.59 Å². The average Bonchev–Trinajstić information content (AvgIpc) is 3.03. The van der Waals surface area contributed by atoms with Crippen LogP contribution in [0.15, 0.2) is 22.1 Å². The van der Waals surface area contributed by atoms with Gasteiger partial charge in [0, 0.05) is 18.1 Å². The van der Waals surface area contributed by atoms with E-state index in [1.54, 1.807) is 22.9 Å². The van der Waals surface area contributed by atoms with Crippen LogP contribution in [0.25, 0.3) is 0 Å². The smallest absolute Gasteiger partial charge is 0.316 e. The summed E-state index contributed by atoms with van der Waals surface area (Å²) in [5.41, 5.74) is 4.46. The van der Waals surface area contributed by atoms with Gasteiger partial charge in [0.2, 0.25) is 5.91 Å². The number of carbonyl (C=O) groups is 2. The van der Waals surface area contributed by atoms with Gasteiger partial charge in [0.05, 0.1) is 6.20 Å². The third-order valence-corrected chi connectivity index (χ3v) is 6.71. The molecule has 9 heteroatoms. The number of aromatic nitrogens is 1. The van der Waals surface area contributed by atoms with E-state index in [4.69, 9.17) is 14.9 Å². The van der Waals surface area contributed by atoms with Gasteiger partial charge >= 0.3 is 5.97 Å². The number of nitrogens with two attached hydrogens (primary N) is 1. The Morgan fingerprint density at radius 3 is 3.00 bits per heavy atom. The second kappa shape index (κ2) is 6.27. The topological polar surface area (TPSA) is 98.7 Å². The fourth-order valence-corrected chi connectivity index (χ4v) is 5.26. The molecule has 0 saturated carbocycles. The van der Waals surface area contributed by atoms with E-state index in [-0.39, 0.29) is 17.3 Å². The molecule has 3 heterocycles. The number of nitrogens with zero attached hydrogens (tertiary/aromatic N) is 2. The maximum absolute atomic E-state index is 12.9. The summed E-state index contributed by atoms with van der Waals surface area (Å²) >= 11 is 2.95. The Morgan fingerprint density at radius 1 is 1.62 bits per heavy atom. The molecule has 24 heavy (non-hydrogen) atoms. The van der Waals surface area contributed by atoms with Crippen LogP contribution in [0.3, 0.4) is 0 Å². The Balaban J connectivity index is 1.78. The van der Waals surface area contributed by atoms with Crippen LogP contribution in [0.5, 0.6) is 0 Å². The molecule has 2 aliphatic rings. The molecule has 0 radical (unpaired) electrons. The van der Waals surface area contributed by atoms with E-state index >= 15 is 0 Å². The summed E-state index contributed by atoms with van der Waals surface area (Å²) in [5.74, 6) is 0.618. The first kappa shape index (κ1) is 17.6. The maximum Gasteiger partial charge on any atom is 0.316 e. The second-order valence-electron chi connectivity index (χ2n) is 7.08. The highest BCUT2D eigenvalue weighted by atomic mass is 32.2. The lowest BCUT2D eigenvalue weighted by Gasteiger charge is -2.53. The second-order valence-corrected chi connectivity index (χ2v) is 9.17. The highest BCUT2D eigenvalue weighted by molar-refractivity contribution is 8.00. The van der Waals surface area contributed by atoms with Gasteiger partial charge < -0.3 is 19.8 Å². The first-order valence-electron chi connectivity index (χ1n) is 7.64. The van der Waals surface area contributed by atoms with Crippen molar-refractivity contribution in [3.8, 4) is 0 Å². The zero-order valence-corrected chi connectivity index (χ0v) is 15.5. The normalized spacial score (nSPS) is 29.8. The Labute approximate surface area is 149 Å². The lowest BCUT2D eigenvalue weighted by Crippen LogP contribution is -2.72. The summed E-state index contributed by atoms with van der Waals surface area (Å²) in [7, 11) is 0. The Morgan fingerprint density at radius 2 is 2.38 bits per heavy atom. The first-order valence-corrected chi connectivity index (χ1v) is 9.68. The Kier molecular flexibility index (Phi) is 4.61. The van der Waals surface area contributed by atoms with Crippen LogP contribution >= 0.6 is 23.5 Å². The number of β-lactam (4-membered cyclic amide) rings is 1. The third-order valence-electron chi connectivity index (χ3n) is 3.92. The summed E-state index contributed by atoms with van der Waals surface area (Å²) in [6.45, 7) is 5.84. The standard InChI is InChI=1S/C15H21N3O4S2/c1-14(2,3)22-13(20)15(6-23-9-4-17-8-21-9)5-18-11(19)10(16)12(18)24-7-15/h4,8,10,12H,5-7,16H2,1-3H3/t10?,12-,15?/m1/s1. The zero-order chi connectivity index (χ0) is 17.5. The third kappa shape index (κ3) is 3.29. The number of rotatable bonds is 4. The molecule has 1 aromatic heterocycles. The van der Waals surface area contributed by atoms with Crippen LogP contribution in [0.4, 0.5) is 0 Å². The van der Waals surface area contributed by atoms with E-state index in [0.717, 1.165) is 0 Å². The van der Waals surface area contributed by atoms with Crippen molar-refractivity contribution in [1.82, 2.24) is 9.88 Å². The zero-order valence-electron chi connectivity index (χ0n) is 13.9. The molecule has 1 amide bonds. The molecule has 3 atom stereocenters. The Hall–Kier alpha value is -1.19. The van der Waals surface area contributed by atoms with Gasteiger partial charge in [-0.15, -0.1) is 11.8 Å². The summed E-state index contributed by atoms with van der Waals surface area (Å²) in [6.07, 6.45) is 2.96. The van der Waals surface area contributed by atoms with E-state index in [0.29, 0.717) is 23.1 Å². The average molecular weight is 371 g/mol. The minimum atomic E-state index is -0.790. The van der Waals surface area contributed by atoms with Gasteiger partial charge in [-0.1, -0.05) is 11.8 Å². The summed E-state index contributed by atoms with van der Waals surface area (Å²) in [4.78, 5) is 30.5. The highest BCUT2D eigenvalue weighted by Crippen LogP contribution is 2.44. The summed E-state index contributed by atoms with van der Waals surface area (Å²) in [6, 6.07) is -0.464. The summed E-state index contributed by atoms with van der Waals surface area (Å²) < 4.78 is 10.9. The number of oxazole rings is 1. The molecule has 7 nitrogen and oxygen atoms in total. The number of esters is 1. The highest BCUT2D eigenvalue weighted by Gasteiger charge is 2.56. The fraction of sp³-hybridized carbons (Fsp3) is 0.667. The quantitative estimate of drug-likeness (QED) is 0.481. The predicted molar refractivity (Wildman–Crippen MR) is 91.4 cm³/mol. The number of hydrogen-bond donors (Lipinski definition) is 1. The van der Waals surface area contributed by atoms with Gasteiger partial charge in [-0.2, -0.15) is 0 Å². The molecular formula is C15H21N3O4S2. The van der Waals surface area contributed by atoms with Gasteiger partial charge in [0.15, 0.2) is 11.5 Å². The predicted octanol–water partition coefficient (Wildman–Crippen LogP) is 1.34. The van der Waals surface area contributed by atoms with Crippen LogP contribution in [0.2, 0.25) is 0 Å². The van der Waals surface area contributed by atoms with Crippen molar-refractivity contribution in [2.24, 2.45) is 11.1 Å². The van der Waals surface area contributed by atoms with Crippen molar-refractivity contribution in [3.05, 3.63) is 12.6 Å². The molecule has 0 aliphatic carbocycles. The van der Waals surface area contributed by atoms with E-state index in [1.807, 2.05) is 20.8 Å². The number of fused-ring (bicyclic) bond motifs is 1. The van der Waals surface area contributed by atoms with Gasteiger partial charge in [0.1, 0.15) is 22.4 Å². The molecule has 2 N–H and O–H groups in total. The molecular weight excluding hydrogens is 350 g/mol. The lowest BCUT2D eigenvalue weighted by molar-refractivity contribution is -0.169. The number of hydrogen-bond acceptors (Lipinski definition) is 8. The van der Waals surface area contributed by atoms with Crippen LogP contribution in [0, 0.1) is 5.41 Å². The SMILES string of the molecule is CC(C)(C)OC(=O)C1(CSc2cnco2)CS[C@@H]2C(N)C(=O)N2C1. The fourth-order valence-electron chi connectivity index (χ4n) is 2.67. The number of amides is 1. The van der Waals surface area contributed by atoms with Crippen LogP contribution in [-0.4, -0.2) is 56.8 Å². The molecule has 2 aliphatic heterocycles. The molecule has 0 bridgehead atoms. The monoisotopic (exact) mass is 371 g/mol. The lowest BCUT2D eigenvalue weighted by atomic mass is 9.89. The number of thioether (sulfide) groups is 2. The Bertz CT molecular complexity index is 631. The minimum absolute atomic E-state index is 0.0386. The molecule has 132 valence electrons. The van der Waals surface area contributed by atoms with Gasteiger partial charge in [-0.3, -0.25) is 9.59 Å². The van der Waals surface area contributed by atoms with E-state index in [2.05, 4.69) is 4.98 Å². The molecule has 2 fully saturated rings. The maximum atomic E-state index is 12.9. The van der Waals surface area contributed by atoms with Gasteiger partial charge in [0.25, 0.3) is 0 Å². The van der Waals surface area contributed by atoms with Crippen molar-refractivity contribution in [3.63, 3.8) is 0 Å². The van der Waals surface area contributed by atoms with E-state index < -0.39 is 17.1 Å². The number of carbonyl (C=O) groups excluding carboxylic acids is 2. The molecule has 2 unspecified atom stereocenters. The molecule has 2 saturated heterocycles. The molecule has 0 aromatic carbocycles. The molecule has 3 rings (SSSR count). The molecule has 1 aromatic rings. The van der Waals surface area contributed by atoms with Crippen LogP contribution < -0.4 is 5.73 Å². The van der Waals surface area contributed by atoms with Crippen LogP contribution in [0.1, 0.15) is 20.8 Å². The van der Waals surface area contributed by atoms with Crippen molar-refractivity contribution in [2.45, 2.75) is 42.9 Å². The van der Waals surface area contributed by atoms with E-state index in [1.165, 1.54) is 18.2 Å². The number of ether oxygens (including phenoxy) is 1. The minimum Gasteiger partial charge on any atom is -0.459 e. The van der Waals surface area contributed by atoms with Gasteiger partial charge in [-0.05, 0) is 20.8 Å². The van der Waals surface area contributed by atoms with Crippen molar-refractivity contribution >= 4 is 35.4 Å². The van der Waals surface area contributed by atoms with Crippen molar-refractivity contribution in [2.75, 3.05) is 18.1 Å². The van der Waals surface area contributed by atoms with Crippen molar-refractivity contribution < 1.29 is 18.7 Å². The first-order chi connectivity index (χ1) is 11.2.